The van der Waals surface area contributed by atoms with E-state index in [9.17, 15) is 44.4 Å². The van der Waals surface area contributed by atoms with Crippen molar-refractivity contribution in [3.8, 4) is 39.8 Å². The number of nitrogen functional groups attached to an aromatic ring is 1. The van der Waals surface area contributed by atoms with Gasteiger partial charge in [0.25, 0.3) is 5.91 Å². The Morgan fingerprint density at radius 1 is 0.912 bits per heavy atom. The molecule has 0 spiro atoms. The lowest BCUT2D eigenvalue weighted by atomic mass is 9.87. The van der Waals surface area contributed by atoms with E-state index >= 15 is 0 Å². The molecule has 0 unspecified atom stereocenters. The number of fused-ring (bicyclic) bond motifs is 5. The number of carboxylic acid groups (broad SMARTS) is 1. The molecule has 4 amide bonds. The van der Waals surface area contributed by atoms with Gasteiger partial charge in [-0.3, -0.25) is 19.2 Å². The highest BCUT2D eigenvalue weighted by molar-refractivity contribution is 6.33. The van der Waals surface area contributed by atoms with Crippen molar-refractivity contribution in [1.82, 2.24) is 30.8 Å². The van der Waals surface area contributed by atoms with E-state index in [2.05, 4.69) is 46.7 Å². The Kier molecular flexibility index (Phi) is 17.3. The molecule has 366 valence electrons. The zero-order valence-corrected chi connectivity index (χ0v) is 39.0. The number of aliphatic carboxylic acids is 1. The zero-order valence-electron chi connectivity index (χ0n) is 38.3. The standard InChI is InChI=1S/C46H59ClN10O11/c1-22-41(61)54-32(45(65)66)15-23-6-11-33(67-20-27(58)18-49)29(14-23)30-16-25(17-34(37(30)60)68-21-28(59)19-50)36(43(63)52-22)57(5)44(64)31(12-13-48)53-42(62)35-38(47)55-40(56-39(35)51)24-7-9-26(10-8-24)46(2,3)4/h6-11,14,16-17,22,27-28,31-32,36,58-60H,12-13,15,18-21,48-50H2,1-5H3,(H,52,63)(H,53,62)(H,54,61)(H,65,66)(H2,51,55,56)/t22-,27+,28+,31-,32-,36-/m0/s1. The molecule has 4 bridgehead atoms. The smallest absolute Gasteiger partial charge is 0.326 e. The van der Waals surface area contributed by atoms with Crippen LogP contribution in [0.4, 0.5) is 5.82 Å². The van der Waals surface area contributed by atoms with E-state index in [4.69, 9.17) is 44.0 Å². The number of aromatic nitrogens is 2. The number of aliphatic hydroxyl groups is 2. The summed E-state index contributed by atoms with van der Waals surface area (Å²) in [5.41, 5.74) is 25.1. The summed E-state index contributed by atoms with van der Waals surface area (Å²) < 4.78 is 11.8. The van der Waals surface area contributed by atoms with Crippen LogP contribution in [-0.4, -0.2) is 135 Å². The van der Waals surface area contributed by atoms with E-state index in [1.54, 1.807) is 12.1 Å². The first-order valence-electron chi connectivity index (χ1n) is 21.6. The number of nitrogens with one attached hydrogen (secondary N) is 3. The summed E-state index contributed by atoms with van der Waals surface area (Å²) in [5, 5.41) is 49.9. The van der Waals surface area contributed by atoms with Gasteiger partial charge in [0.05, 0.1) is 0 Å². The van der Waals surface area contributed by atoms with Gasteiger partial charge in [-0.05, 0) is 66.3 Å². The van der Waals surface area contributed by atoms with E-state index in [0.717, 1.165) is 10.5 Å². The molecule has 0 radical (unpaired) electrons. The van der Waals surface area contributed by atoms with Crippen molar-refractivity contribution in [3.05, 3.63) is 82.0 Å². The first kappa shape index (κ1) is 52.4. The van der Waals surface area contributed by atoms with Crippen molar-refractivity contribution in [3.63, 3.8) is 0 Å². The molecule has 0 aliphatic carbocycles. The number of ether oxygens (including phenoxy) is 2. The van der Waals surface area contributed by atoms with Crippen LogP contribution in [0.1, 0.15) is 67.2 Å². The van der Waals surface area contributed by atoms with E-state index < -0.39 is 78.3 Å². The number of carbonyl (C=O) groups excluding carboxylic acids is 4. The maximum atomic E-state index is 14.7. The number of rotatable bonds is 16. The average Bonchev–Trinajstić information content (AvgIpc) is 3.29. The number of aromatic hydroxyl groups is 1. The number of benzene rings is 3. The van der Waals surface area contributed by atoms with Gasteiger partial charge < -0.3 is 73.7 Å². The molecule has 15 N–H and O–H groups in total. The summed E-state index contributed by atoms with van der Waals surface area (Å²) in [6.07, 6.45) is -2.76. The van der Waals surface area contributed by atoms with Crippen LogP contribution < -0.4 is 48.4 Å². The summed E-state index contributed by atoms with van der Waals surface area (Å²) in [5.74, 6) is -5.99. The van der Waals surface area contributed by atoms with Gasteiger partial charge in [-0.15, -0.1) is 0 Å². The molecule has 5 rings (SSSR count). The van der Waals surface area contributed by atoms with Crippen LogP contribution in [0.2, 0.25) is 5.15 Å². The van der Waals surface area contributed by atoms with Gasteiger partial charge in [0.2, 0.25) is 17.7 Å². The van der Waals surface area contributed by atoms with Gasteiger partial charge in [-0.2, -0.15) is 0 Å². The number of phenols is 1. The Labute approximate surface area is 397 Å². The van der Waals surface area contributed by atoms with E-state index in [1.165, 1.54) is 44.3 Å². The van der Waals surface area contributed by atoms with Crippen molar-refractivity contribution in [2.45, 2.75) is 82.3 Å². The number of amides is 4. The summed E-state index contributed by atoms with van der Waals surface area (Å²) in [7, 11) is 1.25. The largest absolute Gasteiger partial charge is 0.504 e. The maximum absolute atomic E-state index is 14.7. The third kappa shape index (κ3) is 12.5. The fraction of sp³-hybridized carbons (Fsp3) is 0.413. The molecule has 1 aliphatic heterocycles. The molecular weight excluding hydrogens is 904 g/mol. The molecule has 1 aromatic heterocycles. The predicted molar refractivity (Wildman–Crippen MR) is 252 cm³/mol. The number of carboxylic acids is 1. The fourth-order valence-electron chi connectivity index (χ4n) is 7.23. The van der Waals surface area contributed by atoms with Crippen LogP contribution in [0.15, 0.2) is 54.6 Å². The number of carbonyl (C=O) groups is 5. The normalized spacial score (nSPS) is 17.7. The number of aliphatic hydroxyl groups excluding tert-OH is 2. The van der Waals surface area contributed by atoms with Crippen LogP contribution in [0, 0.1) is 0 Å². The van der Waals surface area contributed by atoms with Gasteiger partial charge >= 0.3 is 5.97 Å². The van der Waals surface area contributed by atoms with Gasteiger partial charge in [0.1, 0.15) is 71.9 Å². The molecule has 4 aromatic rings. The Morgan fingerprint density at radius 3 is 2.12 bits per heavy atom. The zero-order chi connectivity index (χ0) is 50.2. The summed E-state index contributed by atoms with van der Waals surface area (Å²) >= 11 is 6.57. The molecular formula is C46H59ClN10O11. The van der Waals surface area contributed by atoms with Crippen molar-refractivity contribution < 1.29 is 53.9 Å². The number of hydrogen-bond donors (Lipinski definition) is 11. The second-order valence-corrected chi connectivity index (χ2v) is 17.7. The Hall–Kier alpha value is -6.62. The highest BCUT2D eigenvalue weighted by Gasteiger charge is 2.37. The van der Waals surface area contributed by atoms with Gasteiger partial charge in [0, 0.05) is 43.2 Å². The van der Waals surface area contributed by atoms with Crippen LogP contribution in [0.5, 0.6) is 17.2 Å². The van der Waals surface area contributed by atoms with Crippen LogP contribution in [-0.2, 0) is 31.0 Å². The quantitative estimate of drug-likeness (QED) is 0.0689. The van der Waals surface area contributed by atoms with Crippen molar-refractivity contribution in [2.75, 3.05) is 45.6 Å². The third-order valence-electron chi connectivity index (χ3n) is 11.1. The molecule has 0 fully saturated rings. The number of anilines is 1. The molecule has 6 atom stereocenters. The van der Waals surface area contributed by atoms with Crippen LogP contribution in [0.3, 0.4) is 0 Å². The molecule has 0 saturated carbocycles. The van der Waals surface area contributed by atoms with Crippen LogP contribution in [0.25, 0.3) is 22.5 Å². The molecule has 0 saturated heterocycles. The molecule has 2 heterocycles. The fourth-order valence-corrected chi connectivity index (χ4v) is 7.49. The minimum absolute atomic E-state index is 0.0283. The Bertz CT molecular complexity index is 2480. The number of nitrogens with zero attached hydrogens (tertiary/aromatic N) is 3. The highest BCUT2D eigenvalue weighted by atomic mass is 35.5. The summed E-state index contributed by atoms with van der Waals surface area (Å²) in [4.78, 5) is 78.9. The lowest BCUT2D eigenvalue weighted by molar-refractivity contribution is -0.143. The lowest BCUT2D eigenvalue weighted by Crippen LogP contribution is -2.55. The molecule has 68 heavy (non-hydrogen) atoms. The van der Waals surface area contributed by atoms with Crippen molar-refractivity contribution in [2.24, 2.45) is 17.2 Å². The Morgan fingerprint density at radius 2 is 1.54 bits per heavy atom. The van der Waals surface area contributed by atoms with Crippen molar-refractivity contribution in [1.29, 1.82) is 0 Å². The van der Waals surface area contributed by atoms with E-state index in [0.29, 0.717) is 11.1 Å². The minimum atomic E-state index is -1.71. The highest BCUT2D eigenvalue weighted by Crippen LogP contribution is 2.45. The number of halogens is 1. The summed E-state index contributed by atoms with van der Waals surface area (Å²) in [6, 6.07) is 8.42. The second kappa shape index (κ2) is 22.5. The second-order valence-electron chi connectivity index (χ2n) is 17.4. The molecule has 22 heteroatoms. The monoisotopic (exact) mass is 962 g/mol. The number of nitrogens with two attached hydrogens (primary N) is 4. The Balaban J connectivity index is 1.62. The topological polar surface area (TPSA) is 354 Å². The number of hydrogen-bond acceptors (Lipinski definition) is 16. The van der Waals surface area contributed by atoms with Gasteiger partial charge in [0.15, 0.2) is 17.3 Å². The number of likely N-dealkylation sites (N-methyl/N-ethyl adjacent to an activating group) is 1. The maximum Gasteiger partial charge on any atom is 0.326 e. The summed E-state index contributed by atoms with van der Waals surface area (Å²) in [6.45, 7) is 6.22. The average molecular weight is 963 g/mol. The van der Waals surface area contributed by atoms with Gasteiger partial charge in [-0.1, -0.05) is 62.7 Å². The molecule has 21 nitrogen and oxygen atoms in total. The number of phenolic OH excluding ortho intramolecular Hbond substituents is 1. The van der Waals surface area contributed by atoms with Crippen molar-refractivity contribution >= 4 is 47.0 Å². The van der Waals surface area contributed by atoms with E-state index in [-0.39, 0.29) is 95.0 Å². The SMILES string of the molecule is C[C@@H]1NC(=O)[C@@H](N(C)C(=O)[C@H](CCN)NC(=O)c2c(N)nc(-c3ccc(C(C)(C)C)cc3)nc2Cl)c2cc(OC[C@H](O)CN)c(O)c(c2)-c2cc(ccc2OC[C@H](O)CN)C[C@@H](C(=O)O)NC1=O. The first-order chi connectivity index (χ1) is 32.1. The minimum Gasteiger partial charge on any atom is -0.504 e. The lowest BCUT2D eigenvalue weighted by Gasteiger charge is -2.33. The third-order valence-corrected chi connectivity index (χ3v) is 11.4. The molecule has 3 aromatic carbocycles. The van der Waals surface area contributed by atoms with E-state index in [1.807, 2.05) is 12.1 Å². The van der Waals surface area contributed by atoms with Crippen LogP contribution >= 0.6 is 11.6 Å². The molecule has 1 aliphatic rings. The van der Waals surface area contributed by atoms with Gasteiger partial charge in [-0.25, -0.2) is 14.8 Å². The predicted octanol–water partition coefficient (Wildman–Crippen LogP) is 0.723. The first-order valence-corrected chi connectivity index (χ1v) is 22.0.